The van der Waals surface area contributed by atoms with Gasteiger partial charge in [0.15, 0.2) is 16.4 Å². The third-order valence-corrected chi connectivity index (χ3v) is 3.43. The molecule has 2 heterocycles. The topological polar surface area (TPSA) is 94.3 Å². The highest BCUT2D eigenvalue weighted by Crippen LogP contribution is 2.26. The van der Waals surface area contributed by atoms with E-state index < -0.39 is 22.8 Å². The molecule has 22 heavy (non-hydrogen) atoms. The van der Waals surface area contributed by atoms with Crippen LogP contribution in [0.15, 0.2) is 16.1 Å². The van der Waals surface area contributed by atoms with Crippen LogP contribution in [0.4, 0.5) is 0 Å². The fraction of sp³-hybridized carbons (Fsp3) is 0.286. The Hall–Kier alpha value is -2.53. The van der Waals surface area contributed by atoms with Gasteiger partial charge in [0, 0.05) is 6.20 Å². The van der Waals surface area contributed by atoms with Crippen molar-refractivity contribution in [3.05, 3.63) is 22.1 Å². The van der Waals surface area contributed by atoms with Crippen LogP contribution in [-0.2, 0) is 11.3 Å². The van der Waals surface area contributed by atoms with E-state index in [1.54, 1.807) is 13.2 Å². The number of esters is 1. The number of thioether (sulfide) groups is 1. The summed E-state index contributed by atoms with van der Waals surface area (Å²) in [6.45, 7) is 1.59. The van der Waals surface area contributed by atoms with Crippen LogP contribution in [0.25, 0.3) is 11.0 Å². The zero-order chi connectivity index (χ0) is 16.3. The number of pyridine rings is 1. The lowest BCUT2D eigenvalue weighted by Crippen LogP contribution is -2.28. The molecule has 8 heteroatoms. The molecular formula is C14H13N3O4S. The number of aromatic hydroxyl groups is 1. The van der Waals surface area contributed by atoms with Gasteiger partial charge in [0.1, 0.15) is 5.75 Å². The molecule has 114 valence electrons. The minimum atomic E-state index is -0.911. The van der Waals surface area contributed by atoms with Gasteiger partial charge in [-0.15, -0.1) is 6.42 Å². The van der Waals surface area contributed by atoms with Crippen LogP contribution in [0, 0.1) is 12.3 Å². The van der Waals surface area contributed by atoms with E-state index in [0.717, 1.165) is 4.57 Å². The highest BCUT2D eigenvalue weighted by molar-refractivity contribution is 7.98. The van der Waals surface area contributed by atoms with Gasteiger partial charge in [0.25, 0.3) is 5.56 Å². The number of ether oxygens (including phenoxy) is 1. The van der Waals surface area contributed by atoms with Crippen molar-refractivity contribution in [3.63, 3.8) is 0 Å². The van der Waals surface area contributed by atoms with Gasteiger partial charge < -0.3 is 9.84 Å². The minimum Gasteiger partial charge on any atom is -0.506 e. The Morgan fingerprint density at radius 3 is 2.91 bits per heavy atom. The Labute approximate surface area is 130 Å². The van der Waals surface area contributed by atoms with E-state index in [0.29, 0.717) is 5.16 Å². The number of hydrogen-bond acceptors (Lipinski definition) is 7. The van der Waals surface area contributed by atoms with Crippen molar-refractivity contribution in [2.45, 2.75) is 18.6 Å². The fourth-order valence-electron chi connectivity index (χ4n) is 1.92. The summed E-state index contributed by atoms with van der Waals surface area (Å²) in [6, 6.07) is 0. The molecule has 2 aromatic heterocycles. The second-order valence-corrected chi connectivity index (χ2v) is 4.91. The van der Waals surface area contributed by atoms with Crippen LogP contribution >= 0.6 is 11.8 Å². The van der Waals surface area contributed by atoms with Gasteiger partial charge in [-0.05, 0) is 13.2 Å². The van der Waals surface area contributed by atoms with E-state index in [9.17, 15) is 14.7 Å². The Kier molecular flexibility index (Phi) is 4.68. The summed E-state index contributed by atoms with van der Waals surface area (Å²) in [5.41, 5.74) is -1.04. The van der Waals surface area contributed by atoms with Gasteiger partial charge in [0.2, 0.25) is 0 Å². The molecule has 0 radical (unpaired) electrons. The lowest BCUT2D eigenvalue weighted by atomic mass is 10.2. The lowest BCUT2D eigenvalue weighted by molar-refractivity contribution is 0.0520. The molecular weight excluding hydrogens is 306 g/mol. The van der Waals surface area contributed by atoms with Crippen LogP contribution in [0.5, 0.6) is 5.75 Å². The predicted octanol–water partition coefficient (Wildman–Crippen LogP) is 1.03. The molecule has 1 N–H and O–H groups in total. The molecule has 0 unspecified atom stereocenters. The predicted molar refractivity (Wildman–Crippen MR) is 82.0 cm³/mol. The molecule has 0 saturated carbocycles. The Morgan fingerprint density at radius 2 is 2.32 bits per heavy atom. The maximum absolute atomic E-state index is 12.4. The standard InChI is InChI=1S/C14H13N3O4S/c1-4-6-17-11-8(7-15-14(16-11)22-3)10(18)9(12(17)19)13(20)21-5-2/h1,7,18H,5-6H2,2-3H3. The second-order valence-electron chi connectivity index (χ2n) is 4.13. The molecule has 0 aliphatic heterocycles. The van der Waals surface area contributed by atoms with Gasteiger partial charge in [-0.2, -0.15) is 0 Å². The highest BCUT2D eigenvalue weighted by atomic mass is 32.2. The average Bonchev–Trinajstić information content (AvgIpc) is 2.51. The summed E-state index contributed by atoms with van der Waals surface area (Å²) in [5, 5.41) is 10.8. The van der Waals surface area contributed by atoms with E-state index in [2.05, 4.69) is 15.9 Å². The fourth-order valence-corrected chi connectivity index (χ4v) is 2.26. The summed E-state index contributed by atoms with van der Waals surface area (Å²) >= 11 is 1.28. The summed E-state index contributed by atoms with van der Waals surface area (Å²) in [5.74, 6) is 0.923. The number of nitrogens with zero attached hydrogens (tertiary/aromatic N) is 3. The average molecular weight is 319 g/mol. The van der Waals surface area contributed by atoms with Crippen molar-refractivity contribution in [2.75, 3.05) is 12.9 Å². The van der Waals surface area contributed by atoms with E-state index in [4.69, 9.17) is 11.2 Å². The lowest BCUT2D eigenvalue weighted by Gasteiger charge is -2.12. The SMILES string of the molecule is C#CCn1c(=O)c(C(=O)OCC)c(O)c2cnc(SC)nc21. The molecule has 0 aliphatic rings. The van der Waals surface area contributed by atoms with Gasteiger partial charge in [-0.25, -0.2) is 14.8 Å². The smallest absolute Gasteiger partial charge is 0.347 e. The van der Waals surface area contributed by atoms with E-state index in [1.165, 1.54) is 18.0 Å². The van der Waals surface area contributed by atoms with Gasteiger partial charge >= 0.3 is 5.97 Å². The van der Waals surface area contributed by atoms with Crippen molar-refractivity contribution in [2.24, 2.45) is 0 Å². The maximum Gasteiger partial charge on any atom is 0.347 e. The van der Waals surface area contributed by atoms with E-state index >= 15 is 0 Å². The molecule has 2 aromatic rings. The molecule has 0 aromatic carbocycles. The maximum atomic E-state index is 12.4. The molecule has 0 spiro atoms. The first-order valence-electron chi connectivity index (χ1n) is 6.32. The second kappa shape index (κ2) is 6.49. The highest BCUT2D eigenvalue weighted by Gasteiger charge is 2.24. The summed E-state index contributed by atoms with van der Waals surface area (Å²) in [7, 11) is 0. The van der Waals surface area contributed by atoms with Gasteiger partial charge in [-0.1, -0.05) is 17.7 Å². The Bertz CT molecular complexity index is 839. The minimum absolute atomic E-state index is 0.0762. The number of rotatable bonds is 4. The molecule has 0 fully saturated rings. The quantitative estimate of drug-likeness (QED) is 0.389. The van der Waals surface area contributed by atoms with Crippen LogP contribution < -0.4 is 5.56 Å². The Morgan fingerprint density at radius 1 is 1.59 bits per heavy atom. The molecule has 0 amide bonds. The van der Waals surface area contributed by atoms with E-state index in [-0.39, 0.29) is 24.2 Å². The number of fused-ring (bicyclic) bond motifs is 1. The summed E-state index contributed by atoms with van der Waals surface area (Å²) < 4.78 is 5.95. The zero-order valence-corrected chi connectivity index (χ0v) is 12.8. The number of carbonyl (C=O) groups excluding carboxylic acids is 1. The van der Waals surface area contributed by atoms with Crippen molar-refractivity contribution in [3.8, 4) is 18.1 Å². The van der Waals surface area contributed by atoms with Crippen molar-refractivity contribution >= 4 is 28.8 Å². The van der Waals surface area contributed by atoms with Crippen LogP contribution in [0.3, 0.4) is 0 Å². The molecule has 0 atom stereocenters. The number of terminal acetylenes is 1. The summed E-state index contributed by atoms with van der Waals surface area (Å²) in [4.78, 5) is 32.6. The first-order chi connectivity index (χ1) is 10.5. The number of aromatic nitrogens is 3. The first-order valence-corrected chi connectivity index (χ1v) is 7.54. The van der Waals surface area contributed by atoms with Crippen LogP contribution in [0.1, 0.15) is 17.3 Å². The Balaban J connectivity index is 2.88. The summed E-state index contributed by atoms with van der Waals surface area (Å²) in [6.07, 6.45) is 8.40. The molecule has 0 aliphatic carbocycles. The van der Waals surface area contributed by atoms with Crippen molar-refractivity contribution in [1.29, 1.82) is 0 Å². The molecule has 2 rings (SSSR count). The van der Waals surface area contributed by atoms with E-state index in [1.807, 2.05) is 0 Å². The van der Waals surface area contributed by atoms with Crippen molar-refractivity contribution in [1.82, 2.24) is 14.5 Å². The molecule has 0 saturated heterocycles. The zero-order valence-electron chi connectivity index (χ0n) is 12.0. The molecule has 0 bridgehead atoms. The third kappa shape index (κ3) is 2.63. The van der Waals surface area contributed by atoms with Gasteiger partial charge in [0.05, 0.1) is 18.5 Å². The van der Waals surface area contributed by atoms with Crippen LogP contribution in [0.2, 0.25) is 0 Å². The normalized spacial score (nSPS) is 10.4. The van der Waals surface area contributed by atoms with Crippen molar-refractivity contribution < 1.29 is 14.6 Å². The largest absolute Gasteiger partial charge is 0.506 e. The van der Waals surface area contributed by atoms with Crippen LogP contribution in [-0.4, -0.2) is 38.5 Å². The third-order valence-electron chi connectivity index (χ3n) is 2.86. The first kappa shape index (κ1) is 15.9. The number of carbonyl (C=O) groups is 1. The van der Waals surface area contributed by atoms with Gasteiger partial charge in [-0.3, -0.25) is 9.36 Å². The monoisotopic (exact) mass is 319 g/mol. The molecule has 7 nitrogen and oxygen atoms in total. The number of hydrogen-bond donors (Lipinski definition) is 1.